The molecular formula is C12H24N2O. The Morgan fingerprint density at radius 2 is 2.07 bits per heavy atom. The molecule has 88 valence electrons. The van der Waals surface area contributed by atoms with E-state index in [1.165, 1.54) is 51.7 Å². The molecule has 2 fully saturated rings. The van der Waals surface area contributed by atoms with Crippen molar-refractivity contribution in [2.75, 3.05) is 32.8 Å². The van der Waals surface area contributed by atoms with Crippen LogP contribution in [-0.4, -0.2) is 48.8 Å². The van der Waals surface area contributed by atoms with Crippen molar-refractivity contribution in [1.82, 2.24) is 10.2 Å². The van der Waals surface area contributed by atoms with Gasteiger partial charge in [-0.3, -0.25) is 4.90 Å². The first-order valence-electron chi connectivity index (χ1n) is 6.46. The minimum absolute atomic E-state index is 0.316. The molecule has 0 aromatic rings. The first kappa shape index (κ1) is 11.4. The maximum Gasteiger partial charge on any atom is 0.0558 e. The summed E-state index contributed by atoms with van der Waals surface area (Å²) in [6.07, 6.45) is 6.76. The maximum absolute atomic E-state index is 9.04. The summed E-state index contributed by atoms with van der Waals surface area (Å²) in [7, 11) is 0. The first-order valence-corrected chi connectivity index (χ1v) is 6.46. The highest BCUT2D eigenvalue weighted by molar-refractivity contribution is 4.86. The van der Waals surface area contributed by atoms with Crippen molar-refractivity contribution in [3.05, 3.63) is 0 Å². The highest BCUT2D eigenvalue weighted by Gasteiger charge is 2.30. The van der Waals surface area contributed by atoms with Crippen molar-refractivity contribution in [3.63, 3.8) is 0 Å². The molecule has 0 bridgehead atoms. The van der Waals surface area contributed by atoms with E-state index >= 15 is 0 Å². The maximum atomic E-state index is 9.04. The fraction of sp³-hybridized carbons (Fsp3) is 1.00. The summed E-state index contributed by atoms with van der Waals surface area (Å²) in [5, 5.41) is 12.6. The van der Waals surface area contributed by atoms with E-state index < -0.39 is 0 Å². The van der Waals surface area contributed by atoms with E-state index in [9.17, 15) is 0 Å². The molecule has 0 aromatic heterocycles. The van der Waals surface area contributed by atoms with Crippen LogP contribution >= 0.6 is 0 Å². The van der Waals surface area contributed by atoms with Crippen LogP contribution in [0.4, 0.5) is 0 Å². The Hall–Kier alpha value is -0.120. The summed E-state index contributed by atoms with van der Waals surface area (Å²) in [4.78, 5) is 2.50. The molecule has 3 heteroatoms. The molecule has 0 amide bonds. The van der Waals surface area contributed by atoms with E-state index in [0.29, 0.717) is 6.61 Å². The molecule has 2 aliphatic rings. The predicted octanol–water partition coefficient (Wildman–Crippen LogP) is 0.833. The fourth-order valence-corrected chi connectivity index (χ4v) is 2.57. The monoisotopic (exact) mass is 212 g/mol. The zero-order valence-corrected chi connectivity index (χ0v) is 9.62. The second-order valence-electron chi connectivity index (χ2n) is 5.02. The van der Waals surface area contributed by atoms with Gasteiger partial charge < -0.3 is 10.4 Å². The Morgan fingerprint density at radius 1 is 1.20 bits per heavy atom. The second-order valence-corrected chi connectivity index (χ2v) is 5.02. The standard InChI is InChI=1S/C12H24N2O/c15-8-7-14(12-4-5-12)10-11-3-1-2-6-13-9-11/h11-13,15H,1-10H2. The summed E-state index contributed by atoms with van der Waals surface area (Å²) in [6.45, 7) is 4.75. The minimum atomic E-state index is 0.316. The summed E-state index contributed by atoms with van der Waals surface area (Å²) in [5.41, 5.74) is 0. The lowest BCUT2D eigenvalue weighted by molar-refractivity contribution is 0.165. The number of aliphatic hydroxyl groups excluding tert-OH is 1. The summed E-state index contributed by atoms with van der Waals surface area (Å²) in [5.74, 6) is 0.805. The van der Waals surface area contributed by atoms with Crippen LogP contribution in [0.25, 0.3) is 0 Å². The molecule has 0 aromatic carbocycles. The summed E-state index contributed by atoms with van der Waals surface area (Å²) in [6, 6.07) is 0.792. The lowest BCUT2D eigenvalue weighted by Crippen LogP contribution is -2.37. The van der Waals surface area contributed by atoms with E-state index in [1.807, 2.05) is 0 Å². The molecular weight excluding hydrogens is 188 g/mol. The van der Waals surface area contributed by atoms with E-state index in [0.717, 1.165) is 18.5 Å². The third-order valence-electron chi connectivity index (χ3n) is 3.59. The Morgan fingerprint density at radius 3 is 2.80 bits per heavy atom. The second kappa shape index (κ2) is 5.83. The molecule has 3 nitrogen and oxygen atoms in total. The highest BCUT2D eigenvalue weighted by atomic mass is 16.3. The van der Waals surface area contributed by atoms with Crippen LogP contribution in [0.3, 0.4) is 0 Å². The van der Waals surface area contributed by atoms with E-state index in [4.69, 9.17) is 5.11 Å². The van der Waals surface area contributed by atoms with E-state index in [1.54, 1.807) is 0 Å². The van der Waals surface area contributed by atoms with Crippen LogP contribution in [-0.2, 0) is 0 Å². The van der Waals surface area contributed by atoms with Crippen LogP contribution in [0.15, 0.2) is 0 Å². The molecule has 1 atom stereocenters. The quantitative estimate of drug-likeness (QED) is 0.708. The smallest absolute Gasteiger partial charge is 0.0558 e. The number of nitrogens with one attached hydrogen (secondary N) is 1. The topological polar surface area (TPSA) is 35.5 Å². The van der Waals surface area contributed by atoms with Gasteiger partial charge in [-0.1, -0.05) is 6.42 Å². The van der Waals surface area contributed by atoms with Gasteiger partial charge in [-0.25, -0.2) is 0 Å². The van der Waals surface area contributed by atoms with Crippen LogP contribution in [0.5, 0.6) is 0 Å². The average molecular weight is 212 g/mol. The molecule has 1 aliphatic carbocycles. The van der Waals surface area contributed by atoms with E-state index in [-0.39, 0.29) is 0 Å². The number of rotatable bonds is 5. The van der Waals surface area contributed by atoms with Crippen molar-refractivity contribution in [3.8, 4) is 0 Å². The van der Waals surface area contributed by atoms with Crippen molar-refractivity contribution >= 4 is 0 Å². The Kier molecular flexibility index (Phi) is 4.42. The Labute approximate surface area is 92.8 Å². The molecule has 2 rings (SSSR count). The number of hydrogen-bond donors (Lipinski definition) is 2. The van der Waals surface area contributed by atoms with Crippen molar-refractivity contribution in [2.24, 2.45) is 5.92 Å². The van der Waals surface area contributed by atoms with Gasteiger partial charge in [0.05, 0.1) is 6.61 Å². The van der Waals surface area contributed by atoms with Crippen LogP contribution in [0, 0.1) is 5.92 Å². The van der Waals surface area contributed by atoms with Crippen LogP contribution in [0.1, 0.15) is 32.1 Å². The van der Waals surface area contributed by atoms with Crippen molar-refractivity contribution in [2.45, 2.75) is 38.1 Å². The molecule has 0 radical (unpaired) electrons. The largest absolute Gasteiger partial charge is 0.395 e. The number of nitrogens with zero attached hydrogens (tertiary/aromatic N) is 1. The lowest BCUT2D eigenvalue weighted by Gasteiger charge is -2.26. The van der Waals surface area contributed by atoms with Crippen molar-refractivity contribution < 1.29 is 5.11 Å². The molecule has 2 N–H and O–H groups in total. The van der Waals surface area contributed by atoms with Crippen LogP contribution in [0.2, 0.25) is 0 Å². The van der Waals surface area contributed by atoms with Gasteiger partial charge in [-0.05, 0) is 44.7 Å². The minimum Gasteiger partial charge on any atom is -0.395 e. The van der Waals surface area contributed by atoms with Crippen LogP contribution < -0.4 is 5.32 Å². The third kappa shape index (κ3) is 3.74. The molecule has 1 heterocycles. The normalized spacial score (nSPS) is 28.0. The van der Waals surface area contributed by atoms with Gasteiger partial charge in [-0.15, -0.1) is 0 Å². The van der Waals surface area contributed by atoms with Gasteiger partial charge >= 0.3 is 0 Å². The van der Waals surface area contributed by atoms with E-state index in [2.05, 4.69) is 10.2 Å². The third-order valence-corrected chi connectivity index (χ3v) is 3.59. The predicted molar refractivity (Wildman–Crippen MR) is 61.9 cm³/mol. The Bertz CT molecular complexity index is 174. The zero-order chi connectivity index (χ0) is 10.5. The number of hydrogen-bond acceptors (Lipinski definition) is 3. The number of aliphatic hydroxyl groups is 1. The molecule has 1 unspecified atom stereocenters. The van der Waals surface area contributed by atoms with Crippen molar-refractivity contribution in [1.29, 1.82) is 0 Å². The lowest BCUT2D eigenvalue weighted by atomic mass is 10.0. The molecule has 15 heavy (non-hydrogen) atoms. The van der Waals surface area contributed by atoms with Gasteiger partial charge in [0.2, 0.25) is 0 Å². The van der Waals surface area contributed by atoms with Gasteiger partial charge in [0.1, 0.15) is 0 Å². The first-order chi connectivity index (χ1) is 7.40. The summed E-state index contributed by atoms with van der Waals surface area (Å²) < 4.78 is 0. The van der Waals surface area contributed by atoms with Gasteiger partial charge in [0.15, 0.2) is 0 Å². The molecule has 1 saturated carbocycles. The van der Waals surface area contributed by atoms with Gasteiger partial charge in [0.25, 0.3) is 0 Å². The van der Waals surface area contributed by atoms with Gasteiger partial charge in [0, 0.05) is 19.1 Å². The SMILES string of the molecule is OCCN(CC1CCCCNC1)C1CC1. The van der Waals surface area contributed by atoms with Gasteiger partial charge in [-0.2, -0.15) is 0 Å². The molecule has 0 spiro atoms. The Balaban J connectivity index is 1.75. The average Bonchev–Trinajstić information content (AvgIpc) is 3.05. The molecule has 1 aliphatic heterocycles. The fourth-order valence-electron chi connectivity index (χ4n) is 2.57. The summed E-state index contributed by atoms with van der Waals surface area (Å²) >= 11 is 0. The highest BCUT2D eigenvalue weighted by Crippen LogP contribution is 2.28. The molecule has 1 saturated heterocycles. The zero-order valence-electron chi connectivity index (χ0n) is 9.62.